The maximum Gasteiger partial charge on any atom is 0.276 e. The third-order valence-electron chi connectivity index (χ3n) is 3.30. The van der Waals surface area contributed by atoms with Gasteiger partial charge in [-0.1, -0.05) is 36.4 Å². The third-order valence-corrected chi connectivity index (χ3v) is 3.30. The monoisotopic (exact) mass is 241 g/mol. The molecule has 3 nitrogen and oxygen atoms in total. The van der Waals surface area contributed by atoms with Crippen LogP contribution in [0, 0.1) is 0 Å². The molecule has 1 aliphatic rings. The van der Waals surface area contributed by atoms with E-state index in [1.807, 2.05) is 24.4 Å². The van der Waals surface area contributed by atoms with Gasteiger partial charge < -0.3 is 5.11 Å². The Hall–Kier alpha value is -1.87. The van der Waals surface area contributed by atoms with E-state index in [1.54, 1.807) is 0 Å². The fourth-order valence-electron chi connectivity index (χ4n) is 2.49. The Balaban J connectivity index is 1.89. The van der Waals surface area contributed by atoms with Crippen LogP contribution >= 0.6 is 0 Å². The van der Waals surface area contributed by atoms with Crippen molar-refractivity contribution in [2.75, 3.05) is 11.4 Å². The number of β-amino-alcohol motifs (C(OH)–C–C–N with tert-alkyl or cyclic N) is 1. The van der Waals surface area contributed by atoms with Gasteiger partial charge in [-0.2, -0.15) is 0 Å². The summed E-state index contributed by atoms with van der Waals surface area (Å²) >= 11 is 0. The summed E-state index contributed by atoms with van der Waals surface area (Å²) in [6, 6.07) is 16.5. The van der Waals surface area contributed by atoms with Crippen molar-refractivity contribution < 1.29 is 9.67 Å². The lowest BCUT2D eigenvalue weighted by atomic mass is 10.1. The molecule has 0 radical (unpaired) electrons. The smallest absolute Gasteiger partial charge is 0.276 e. The topological polar surface area (TPSA) is 27.3 Å². The van der Waals surface area contributed by atoms with Crippen LogP contribution in [0.15, 0.2) is 54.7 Å². The van der Waals surface area contributed by atoms with Gasteiger partial charge in [0, 0.05) is 6.07 Å². The largest absolute Gasteiger partial charge is 0.385 e. The van der Waals surface area contributed by atoms with Crippen molar-refractivity contribution in [1.29, 1.82) is 0 Å². The Morgan fingerprint density at radius 2 is 1.89 bits per heavy atom. The van der Waals surface area contributed by atoms with Crippen LogP contribution in [0.25, 0.3) is 0 Å². The van der Waals surface area contributed by atoms with Crippen LogP contribution in [0.4, 0.5) is 5.82 Å². The van der Waals surface area contributed by atoms with Gasteiger partial charge in [-0.15, -0.1) is 0 Å². The molecule has 0 spiro atoms. The highest BCUT2D eigenvalue weighted by Crippen LogP contribution is 2.16. The first-order valence-electron chi connectivity index (χ1n) is 6.28. The van der Waals surface area contributed by atoms with Crippen molar-refractivity contribution in [1.82, 2.24) is 0 Å². The third kappa shape index (κ3) is 2.22. The minimum absolute atomic E-state index is 0.298. The number of rotatable bonds is 2. The predicted molar refractivity (Wildman–Crippen MR) is 70.1 cm³/mol. The molecule has 1 aliphatic heterocycles. The summed E-state index contributed by atoms with van der Waals surface area (Å²) in [4.78, 5) is 2.23. The minimum Gasteiger partial charge on any atom is -0.385 e. The molecule has 2 aromatic rings. The summed E-state index contributed by atoms with van der Waals surface area (Å²) in [7, 11) is 0. The van der Waals surface area contributed by atoms with E-state index >= 15 is 0 Å². The van der Waals surface area contributed by atoms with E-state index in [9.17, 15) is 5.11 Å². The van der Waals surface area contributed by atoms with Gasteiger partial charge in [0.25, 0.3) is 5.82 Å². The van der Waals surface area contributed by atoms with Crippen molar-refractivity contribution in [3.63, 3.8) is 0 Å². The molecule has 0 bridgehead atoms. The number of aromatic nitrogens is 1. The number of benzene rings is 1. The number of hydrogen-bond acceptors (Lipinski definition) is 2. The Kier molecular flexibility index (Phi) is 2.99. The molecule has 0 saturated heterocycles. The second kappa shape index (κ2) is 4.78. The van der Waals surface area contributed by atoms with Gasteiger partial charge in [-0.3, -0.25) is 4.90 Å². The van der Waals surface area contributed by atoms with Crippen LogP contribution in [-0.4, -0.2) is 17.8 Å². The van der Waals surface area contributed by atoms with E-state index in [4.69, 9.17) is 0 Å². The highest BCUT2D eigenvalue weighted by atomic mass is 16.3. The summed E-state index contributed by atoms with van der Waals surface area (Å²) in [5, 5.41) is 9.94. The number of aliphatic hydroxyl groups is 1. The van der Waals surface area contributed by atoms with Crippen molar-refractivity contribution >= 4 is 5.82 Å². The van der Waals surface area contributed by atoms with Crippen molar-refractivity contribution in [3.05, 3.63) is 60.3 Å². The number of anilines is 1. The zero-order chi connectivity index (χ0) is 12.4. The standard InChI is InChI=1S/C15H17N2O/c18-14-11-16-9-5-4-8-15(16)17(12-14)10-13-6-2-1-3-7-13/h1-9,14,18H,10-12H2/q+1/t14-/m1/s1. The molecule has 3 rings (SSSR count). The Bertz CT molecular complexity index is 527. The summed E-state index contributed by atoms with van der Waals surface area (Å²) in [5.41, 5.74) is 1.27. The molecule has 3 heteroatoms. The molecule has 92 valence electrons. The molecule has 2 heterocycles. The maximum atomic E-state index is 9.94. The number of aliphatic hydroxyl groups excluding tert-OH is 1. The van der Waals surface area contributed by atoms with Gasteiger partial charge >= 0.3 is 0 Å². The molecule has 1 atom stereocenters. The van der Waals surface area contributed by atoms with Crippen LogP contribution in [-0.2, 0) is 13.1 Å². The zero-order valence-corrected chi connectivity index (χ0v) is 10.2. The molecule has 18 heavy (non-hydrogen) atoms. The molecular formula is C15H17N2O+. The Morgan fingerprint density at radius 3 is 2.72 bits per heavy atom. The minimum atomic E-state index is -0.298. The van der Waals surface area contributed by atoms with E-state index in [0.29, 0.717) is 13.1 Å². The first kappa shape index (κ1) is 11.2. The van der Waals surface area contributed by atoms with Gasteiger partial charge in [0.1, 0.15) is 25.7 Å². The quantitative estimate of drug-likeness (QED) is 0.804. The lowest BCUT2D eigenvalue weighted by Gasteiger charge is -2.27. The molecular weight excluding hydrogens is 224 g/mol. The number of fused-ring (bicyclic) bond motifs is 1. The van der Waals surface area contributed by atoms with Gasteiger partial charge in [0.15, 0.2) is 0 Å². The molecule has 0 unspecified atom stereocenters. The molecule has 0 aliphatic carbocycles. The molecule has 1 N–H and O–H groups in total. The Morgan fingerprint density at radius 1 is 1.11 bits per heavy atom. The summed E-state index contributed by atoms with van der Waals surface area (Å²) in [6.45, 7) is 2.21. The highest BCUT2D eigenvalue weighted by Gasteiger charge is 2.29. The van der Waals surface area contributed by atoms with E-state index in [2.05, 4.69) is 39.8 Å². The zero-order valence-electron chi connectivity index (χ0n) is 10.2. The first-order valence-corrected chi connectivity index (χ1v) is 6.28. The normalized spacial score (nSPS) is 18.5. The lowest BCUT2D eigenvalue weighted by Crippen LogP contribution is -2.54. The summed E-state index contributed by atoms with van der Waals surface area (Å²) in [5.74, 6) is 1.17. The average molecular weight is 241 g/mol. The van der Waals surface area contributed by atoms with Gasteiger partial charge in [-0.05, 0) is 11.6 Å². The van der Waals surface area contributed by atoms with E-state index in [0.717, 1.165) is 6.54 Å². The fourth-order valence-corrected chi connectivity index (χ4v) is 2.49. The van der Waals surface area contributed by atoms with Gasteiger partial charge in [-0.25, -0.2) is 4.57 Å². The van der Waals surface area contributed by atoms with Crippen LogP contribution in [0.2, 0.25) is 0 Å². The predicted octanol–water partition coefficient (Wildman–Crippen LogP) is 1.36. The van der Waals surface area contributed by atoms with Gasteiger partial charge in [0.05, 0.1) is 6.20 Å². The van der Waals surface area contributed by atoms with E-state index in [1.165, 1.54) is 11.4 Å². The number of pyridine rings is 1. The molecule has 1 aromatic heterocycles. The first-order chi connectivity index (χ1) is 8.83. The van der Waals surface area contributed by atoms with Gasteiger partial charge in [0.2, 0.25) is 0 Å². The van der Waals surface area contributed by atoms with Crippen molar-refractivity contribution in [2.45, 2.75) is 19.2 Å². The second-order valence-electron chi connectivity index (χ2n) is 4.73. The molecule has 0 fully saturated rings. The molecule has 0 amide bonds. The highest BCUT2D eigenvalue weighted by molar-refractivity contribution is 5.35. The maximum absolute atomic E-state index is 9.94. The molecule has 1 aromatic carbocycles. The van der Waals surface area contributed by atoms with Crippen LogP contribution < -0.4 is 9.47 Å². The summed E-state index contributed by atoms with van der Waals surface area (Å²) < 4.78 is 2.11. The fraction of sp³-hybridized carbons (Fsp3) is 0.267. The second-order valence-corrected chi connectivity index (χ2v) is 4.73. The van der Waals surface area contributed by atoms with Crippen LogP contribution in [0.3, 0.4) is 0 Å². The van der Waals surface area contributed by atoms with E-state index in [-0.39, 0.29) is 6.10 Å². The Labute approximate surface area is 107 Å². The number of hydrogen-bond donors (Lipinski definition) is 1. The van der Waals surface area contributed by atoms with E-state index < -0.39 is 0 Å². The van der Waals surface area contributed by atoms with Crippen molar-refractivity contribution in [2.24, 2.45) is 0 Å². The van der Waals surface area contributed by atoms with Crippen LogP contribution in [0.5, 0.6) is 0 Å². The SMILES string of the molecule is O[C@H]1CN(Cc2ccccc2)c2cccc[n+]2C1. The van der Waals surface area contributed by atoms with Crippen molar-refractivity contribution in [3.8, 4) is 0 Å². The average Bonchev–Trinajstić information content (AvgIpc) is 2.40. The van der Waals surface area contributed by atoms with Crippen LogP contribution in [0.1, 0.15) is 5.56 Å². The number of nitrogens with zero attached hydrogens (tertiary/aromatic N) is 2. The summed E-state index contributed by atoms with van der Waals surface area (Å²) in [6.07, 6.45) is 1.73. The molecule has 0 saturated carbocycles. The lowest BCUT2D eigenvalue weighted by molar-refractivity contribution is -0.695.